The van der Waals surface area contributed by atoms with Crippen LogP contribution in [0.3, 0.4) is 0 Å². The Hall–Kier alpha value is -3.81. The van der Waals surface area contributed by atoms with Crippen LogP contribution >= 0.6 is 12.6 Å². The molecule has 5 rings (SSSR count). The van der Waals surface area contributed by atoms with Gasteiger partial charge < -0.3 is 0 Å². The van der Waals surface area contributed by atoms with Crippen LogP contribution in [0, 0.1) is 0 Å². The van der Waals surface area contributed by atoms with Crippen molar-refractivity contribution in [2.75, 3.05) is 0 Å². The average molecular weight is 441 g/mol. The standard InChI is InChI=1S/C32H24S/c1-3-10-22(4-2)31-27-13-8-9-14-28(27)32(24-11-6-5-7-12-24)30-21-25(17-20-29(30)31)23-15-18-26(33)19-16-23/h3-21,33H,1-2H2/b22-10+. The molecular weight excluding hydrogens is 416 g/mol. The summed E-state index contributed by atoms with van der Waals surface area (Å²) >= 11 is 4.45. The van der Waals surface area contributed by atoms with E-state index in [0.29, 0.717) is 0 Å². The van der Waals surface area contributed by atoms with Gasteiger partial charge in [0.25, 0.3) is 0 Å². The van der Waals surface area contributed by atoms with E-state index in [-0.39, 0.29) is 0 Å². The second kappa shape index (κ2) is 8.97. The third-order valence-electron chi connectivity index (χ3n) is 6.09. The predicted octanol–water partition coefficient (Wildman–Crippen LogP) is 9.37. The van der Waals surface area contributed by atoms with Crippen molar-refractivity contribution in [3.05, 3.63) is 134 Å². The van der Waals surface area contributed by atoms with Crippen molar-refractivity contribution < 1.29 is 0 Å². The topological polar surface area (TPSA) is 0 Å². The first kappa shape index (κ1) is 21.1. The average Bonchev–Trinajstić information content (AvgIpc) is 2.87. The molecule has 0 aliphatic rings. The Morgan fingerprint density at radius 2 is 1.24 bits per heavy atom. The van der Waals surface area contributed by atoms with E-state index >= 15 is 0 Å². The van der Waals surface area contributed by atoms with Crippen LogP contribution in [-0.2, 0) is 0 Å². The quantitative estimate of drug-likeness (QED) is 0.157. The molecule has 5 aromatic carbocycles. The number of thiol groups is 1. The van der Waals surface area contributed by atoms with Gasteiger partial charge in [-0.2, -0.15) is 0 Å². The Morgan fingerprint density at radius 3 is 1.94 bits per heavy atom. The van der Waals surface area contributed by atoms with E-state index in [9.17, 15) is 0 Å². The zero-order chi connectivity index (χ0) is 22.8. The minimum Gasteiger partial charge on any atom is -0.143 e. The first-order valence-corrected chi connectivity index (χ1v) is 11.4. The zero-order valence-electron chi connectivity index (χ0n) is 18.3. The van der Waals surface area contributed by atoms with E-state index in [1.54, 1.807) is 0 Å². The third kappa shape index (κ3) is 3.82. The van der Waals surface area contributed by atoms with Crippen LogP contribution in [0.4, 0.5) is 0 Å². The fraction of sp³-hybridized carbons (Fsp3) is 0. The van der Waals surface area contributed by atoms with Crippen LogP contribution in [0.1, 0.15) is 5.56 Å². The number of rotatable bonds is 5. The molecule has 0 fully saturated rings. The SMILES string of the molecule is C=C/C=C(\C=C)c1c2ccccc2c(-c2ccccc2)c2cc(-c3ccc(S)cc3)ccc12. The highest BCUT2D eigenvalue weighted by Gasteiger charge is 2.17. The fourth-order valence-corrected chi connectivity index (χ4v) is 4.77. The van der Waals surface area contributed by atoms with Crippen molar-refractivity contribution in [3.8, 4) is 22.3 Å². The maximum absolute atomic E-state index is 4.45. The first-order valence-electron chi connectivity index (χ1n) is 11.0. The van der Waals surface area contributed by atoms with Crippen molar-refractivity contribution in [2.45, 2.75) is 4.90 Å². The lowest BCUT2D eigenvalue weighted by molar-refractivity contribution is 1.47. The van der Waals surface area contributed by atoms with Gasteiger partial charge in [0.15, 0.2) is 0 Å². The molecule has 0 atom stereocenters. The summed E-state index contributed by atoms with van der Waals surface area (Å²) in [5.41, 5.74) is 7.07. The van der Waals surface area contributed by atoms with Gasteiger partial charge >= 0.3 is 0 Å². The predicted molar refractivity (Wildman–Crippen MR) is 148 cm³/mol. The Morgan fingerprint density at radius 1 is 0.606 bits per heavy atom. The highest BCUT2D eigenvalue weighted by Crippen LogP contribution is 2.43. The Labute approximate surface area is 200 Å². The Balaban J connectivity index is 1.96. The van der Waals surface area contributed by atoms with Gasteiger partial charge in [0.1, 0.15) is 0 Å². The van der Waals surface area contributed by atoms with Gasteiger partial charge in [-0.1, -0.05) is 110 Å². The summed E-state index contributed by atoms with van der Waals surface area (Å²) in [7, 11) is 0. The van der Waals surface area contributed by atoms with Crippen molar-refractivity contribution in [3.63, 3.8) is 0 Å². The molecule has 0 spiro atoms. The summed E-state index contributed by atoms with van der Waals surface area (Å²) in [5, 5.41) is 4.86. The molecular formula is C32H24S. The van der Waals surface area contributed by atoms with E-state index in [4.69, 9.17) is 0 Å². The molecule has 0 bridgehead atoms. The molecule has 0 heterocycles. The summed E-state index contributed by atoms with van der Waals surface area (Å²) in [6, 6.07) is 34.4. The van der Waals surface area contributed by atoms with Gasteiger partial charge in [0.05, 0.1) is 0 Å². The van der Waals surface area contributed by atoms with Crippen LogP contribution in [-0.4, -0.2) is 0 Å². The van der Waals surface area contributed by atoms with Gasteiger partial charge in [0, 0.05) is 4.90 Å². The lowest BCUT2D eigenvalue weighted by atomic mass is 9.84. The van der Waals surface area contributed by atoms with Crippen LogP contribution in [0.25, 0.3) is 49.4 Å². The van der Waals surface area contributed by atoms with E-state index in [0.717, 1.165) is 10.5 Å². The second-order valence-corrected chi connectivity index (χ2v) is 8.55. The number of allylic oxidation sites excluding steroid dienone is 4. The highest BCUT2D eigenvalue weighted by molar-refractivity contribution is 7.80. The molecule has 0 aliphatic heterocycles. The largest absolute Gasteiger partial charge is 0.143 e. The molecule has 0 saturated heterocycles. The molecule has 5 aromatic rings. The van der Waals surface area contributed by atoms with Crippen molar-refractivity contribution >= 4 is 39.7 Å². The summed E-state index contributed by atoms with van der Waals surface area (Å²) in [5.74, 6) is 0. The maximum Gasteiger partial charge on any atom is 0.00404 e. The minimum absolute atomic E-state index is 0.961. The van der Waals surface area contributed by atoms with Crippen molar-refractivity contribution in [1.29, 1.82) is 0 Å². The molecule has 0 saturated carbocycles. The molecule has 1 heteroatoms. The summed E-state index contributed by atoms with van der Waals surface area (Å²) in [4.78, 5) is 0.961. The van der Waals surface area contributed by atoms with Crippen molar-refractivity contribution in [2.24, 2.45) is 0 Å². The molecule has 0 nitrogen and oxygen atoms in total. The number of hydrogen-bond donors (Lipinski definition) is 1. The summed E-state index contributed by atoms with van der Waals surface area (Å²) < 4.78 is 0. The lowest BCUT2D eigenvalue weighted by Gasteiger charge is -2.19. The molecule has 33 heavy (non-hydrogen) atoms. The number of hydrogen-bond acceptors (Lipinski definition) is 1. The van der Waals surface area contributed by atoms with E-state index in [2.05, 4.69) is 111 Å². The van der Waals surface area contributed by atoms with Crippen LogP contribution in [0.2, 0.25) is 0 Å². The van der Waals surface area contributed by atoms with Gasteiger partial charge in [0.2, 0.25) is 0 Å². The van der Waals surface area contributed by atoms with E-state index in [1.807, 2.05) is 30.4 Å². The first-order chi connectivity index (χ1) is 16.2. The number of benzene rings is 5. The van der Waals surface area contributed by atoms with Crippen molar-refractivity contribution in [1.82, 2.24) is 0 Å². The zero-order valence-corrected chi connectivity index (χ0v) is 19.2. The third-order valence-corrected chi connectivity index (χ3v) is 6.39. The highest BCUT2D eigenvalue weighted by atomic mass is 32.1. The Kier molecular flexibility index (Phi) is 5.73. The molecule has 0 aromatic heterocycles. The summed E-state index contributed by atoms with van der Waals surface area (Å²) in [6.45, 7) is 8.03. The normalized spacial score (nSPS) is 11.6. The molecule has 0 radical (unpaired) electrons. The molecule has 158 valence electrons. The molecule has 0 unspecified atom stereocenters. The van der Waals surface area contributed by atoms with Gasteiger partial charge in [-0.05, 0) is 73.1 Å². The minimum atomic E-state index is 0.961. The maximum atomic E-state index is 4.45. The van der Waals surface area contributed by atoms with Gasteiger partial charge in [-0.25, -0.2) is 0 Å². The van der Waals surface area contributed by atoms with Crippen LogP contribution in [0.15, 0.2) is 133 Å². The van der Waals surface area contributed by atoms with Gasteiger partial charge in [-0.15, -0.1) is 12.6 Å². The molecule has 0 amide bonds. The van der Waals surface area contributed by atoms with Gasteiger partial charge in [-0.3, -0.25) is 0 Å². The van der Waals surface area contributed by atoms with Crippen LogP contribution in [0.5, 0.6) is 0 Å². The van der Waals surface area contributed by atoms with E-state index in [1.165, 1.54) is 49.4 Å². The number of fused-ring (bicyclic) bond motifs is 2. The second-order valence-electron chi connectivity index (χ2n) is 8.03. The monoisotopic (exact) mass is 440 g/mol. The fourth-order valence-electron chi connectivity index (χ4n) is 4.62. The molecule has 0 aliphatic carbocycles. The lowest BCUT2D eigenvalue weighted by Crippen LogP contribution is -1.93. The van der Waals surface area contributed by atoms with Crippen LogP contribution < -0.4 is 0 Å². The smallest absolute Gasteiger partial charge is 0.00404 e. The summed E-state index contributed by atoms with van der Waals surface area (Å²) in [6.07, 6.45) is 5.79. The van der Waals surface area contributed by atoms with E-state index < -0.39 is 0 Å². The Bertz CT molecular complexity index is 1520. The molecule has 0 N–H and O–H groups in total.